The van der Waals surface area contributed by atoms with Gasteiger partial charge < -0.3 is 35.3 Å². The minimum absolute atomic E-state index is 0.221. The quantitative estimate of drug-likeness (QED) is 0.205. The number of aliphatic hydroxyl groups is 3. The van der Waals surface area contributed by atoms with Crippen molar-refractivity contribution in [2.75, 3.05) is 19.8 Å². The minimum atomic E-state index is -1.32. The molecule has 6 atom stereocenters. The van der Waals surface area contributed by atoms with Crippen molar-refractivity contribution in [1.82, 2.24) is 0 Å². The van der Waals surface area contributed by atoms with E-state index < -0.39 is 36.8 Å². The zero-order chi connectivity index (χ0) is 23.6. The van der Waals surface area contributed by atoms with Gasteiger partial charge in [0.2, 0.25) is 0 Å². The van der Waals surface area contributed by atoms with Crippen LogP contribution < -0.4 is 5.73 Å². The lowest BCUT2D eigenvalue weighted by molar-refractivity contribution is -0.305. The Balaban J connectivity index is 1.94. The van der Waals surface area contributed by atoms with E-state index in [0.29, 0.717) is 13.2 Å². The summed E-state index contributed by atoms with van der Waals surface area (Å²) in [4.78, 5) is 0. The third-order valence-corrected chi connectivity index (χ3v) is 6.34. The Morgan fingerprint density at radius 3 is 1.75 bits per heavy atom. The van der Waals surface area contributed by atoms with E-state index >= 15 is 0 Å². The van der Waals surface area contributed by atoms with Gasteiger partial charge in [0.15, 0.2) is 6.29 Å². The molecule has 7 heteroatoms. The molecule has 0 spiro atoms. The maximum atomic E-state index is 10.0. The molecular formula is C25H51NO6. The topological polar surface area (TPSA) is 114 Å². The van der Waals surface area contributed by atoms with Crippen molar-refractivity contribution in [1.29, 1.82) is 0 Å². The molecule has 1 heterocycles. The van der Waals surface area contributed by atoms with E-state index in [0.717, 1.165) is 12.8 Å². The second kappa shape index (κ2) is 19.1. The van der Waals surface area contributed by atoms with Gasteiger partial charge in [-0.2, -0.15) is 0 Å². The van der Waals surface area contributed by atoms with E-state index in [1.54, 1.807) is 6.92 Å². The standard InChI is InChI=1S/C25H51NO6/c1-3-4-5-6-7-8-9-10-11-12-13-14-15-16-17-30-19-21(18-26)32-25-24(29)23(28)22(27)20(2)31-25/h20-25,27-29H,3-19,26H2,1-2H3/t20?,21-,22-,23-,24?,25-/m0/s1. The van der Waals surface area contributed by atoms with Crippen molar-refractivity contribution in [3.8, 4) is 0 Å². The summed E-state index contributed by atoms with van der Waals surface area (Å²) in [5.41, 5.74) is 5.74. The fourth-order valence-corrected chi connectivity index (χ4v) is 4.09. The molecular weight excluding hydrogens is 410 g/mol. The van der Waals surface area contributed by atoms with Crippen LogP contribution in [0.25, 0.3) is 0 Å². The van der Waals surface area contributed by atoms with Crippen LogP contribution in [0.15, 0.2) is 0 Å². The highest BCUT2D eigenvalue weighted by Gasteiger charge is 2.43. The lowest BCUT2D eigenvalue weighted by atomic mass is 10.00. The number of nitrogens with two attached hydrogens (primary N) is 1. The highest BCUT2D eigenvalue weighted by Crippen LogP contribution is 2.22. The molecule has 1 fully saturated rings. The van der Waals surface area contributed by atoms with Crippen LogP contribution >= 0.6 is 0 Å². The Hall–Kier alpha value is -0.280. The third-order valence-electron chi connectivity index (χ3n) is 6.34. The molecule has 0 radical (unpaired) electrons. The molecule has 0 saturated carbocycles. The van der Waals surface area contributed by atoms with Crippen molar-refractivity contribution >= 4 is 0 Å². The SMILES string of the molecule is CCCCCCCCCCCCCCCCOC[C@H](CN)O[C@@H]1OC(C)[C@H](O)[C@H](O)C1O. The van der Waals surface area contributed by atoms with Crippen molar-refractivity contribution in [2.45, 2.75) is 141 Å². The molecule has 5 N–H and O–H groups in total. The van der Waals surface area contributed by atoms with Crippen LogP contribution in [0, 0.1) is 0 Å². The van der Waals surface area contributed by atoms with Crippen molar-refractivity contribution in [2.24, 2.45) is 5.73 Å². The van der Waals surface area contributed by atoms with Crippen LogP contribution in [0.5, 0.6) is 0 Å². The normalized spacial score (nSPS) is 27.0. The Bertz CT molecular complexity index is 427. The molecule has 32 heavy (non-hydrogen) atoms. The predicted octanol–water partition coefficient (Wildman–Crippen LogP) is 3.66. The number of rotatable bonds is 20. The smallest absolute Gasteiger partial charge is 0.187 e. The van der Waals surface area contributed by atoms with Gasteiger partial charge >= 0.3 is 0 Å². The van der Waals surface area contributed by atoms with Gasteiger partial charge in [0.25, 0.3) is 0 Å². The van der Waals surface area contributed by atoms with E-state index in [1.807, 2.05) is 0 Å². The average Bonchev–Trinajstić information content (AvgIpc) is 2.79. The molecule has 7 nitrogen and oxygen atoms in total. The zero-order valence-corrected chi connectivity index (χ0v) is 20.6. The first-order chi connectivity index (χ1) is 15.5. The summed E-state index contributed by atoms with van der Waals surface area (Å²) < 4.78 is 16.8. The van der Waals surface area contributed by atoms with Crippen molar-refractivity contribution < 1.29 is 29.5 Å². The highest BCUT2D eigenvalue weighted by molar-refractivity contribution is 4.87. The van der Waals surface area contributed by atoms with Gasteiger partial charge in [0.1, 0.15) is 18.3 Å². The van der Waals surface area contributed by atoms with E-state index in [1.165, 1.54) is 77.0 Å². The molecule has 2 unspecified atom stereocenters. The minimum Gasteiger partial charge on any atom is -0.388 e. The van der Waals surface area contributed by atoms with E-state index in [4.69, 9.17) is 19.9 Å². The Labute approximate surface area is 196 Å². The summed E-state index contributed by atoms with van der Waals surface area (Å²) in [7, 11) is 0. The molecule has 0 bridgehead atoms. The van der Waals surface area contributed by atoms with Gasteiger partial charge in [0.05, 0.1) is 18.8 Å². The molecule has 1 aliphatic rings. The summed E-state index contributed by atoms with van der Waals surface area (Å²) in [5, 5.41) is 29.7. The van der Waals surface area contributed by atoms with Gasteiger partial charge in [-0.25, -0.2) is 0 Å². The van der Waals surface area contributed by atoms with E-state index in [2.05, 4.69) is 6.92 Å². The number of hydrogen-bond acceptors (Lipinski definition) is 7. The van der Waals surface area contributed by atoms with Gasteiger partial charge in [-0.1, -0.05) is 90.4 Å². The van der Waals surface area contributed by atoms with Crippen LogP contribution in [0.4, 0.5) is 0 Å². The monoisotopic (exact) mass is 461 g/mol. The number of aliphatic hydroxyl groups excluding tert-OH is 3. The summed E-state index contributed by atoms with van der Waals surface area (Å²) >= 11 is 0. The summed E-state index contributed by atoms with van der Waals surface area (Å²) in [6, 6.07) is 0. The Morgan fingerprint density at radius 2 is 1.25 bits per heavy atom. The molecule has 0 aromatic carbocycles. The molecule has 1 saturated heterocycles. The molecule has 192 valence electrons. The summed E-state index contributed by atoms with van der Waals surface area (Å²) in [6.45, 7) is 5.08. The van der Waals surface area contributed by atoms with Gasteiger partial charge in [-0.15, -0.1) is 0 Å². The molecule has 0 amide bonds. The molecule has 1 aliphatic heterocycles. The molecule has 0 aromatic heterocycles. The number of unbranched alkanes of at least 4 members (excludes halogenated alkanes) is 13. The van der Waals surface area contributed by atoms with Crippen LogP contribution in [0.2, 0.25) is 0 Å². The third kappa shape index (κ3) is 12.8. The lowest BCUT2D eigenvalue weighted by Crippen LogP contribution is -2.58. The van der Waals surface area contributed by atoms with Crippen molar-refractivity contribution in [3.63, 3.8) is 0 Å². The van der Waals surface area contributed by atoms with Crippen LogP contribution in [0.3, 0.4) is 0 Å². The van der Waals surface area contributed by atoms with Gasteiger partial charge in [-0.3, -0.25) is 0 Å². The Morgan fingerprint density at radius 1 is 0.750 bits per heavy atom. The largest absolute Gasteiger partial charge is 0.388 e. The maximum Gasteiger partial charge on any atom is 0.187 e. The van der Waals surface area contributed by atoms with Gasteiger partial charge in [0, 0.05) is 13.2 Å². The fraction of sp³-hybridized carbons (Fsp3) is 1.00. The molecule has 0 aromatic rings. The fourth-order valence-electron chi connectivity index (χ4n) is 4.09. The van der Waals surface area contributed by atoms with Gasteiger partial charge in [-0.05, 0) is 13.3 Å². The average molecular weight is 462 g/mol. The van der Waals surface area contributed by atoms with Crippen LogP contribution in [-0.4, -0.2) is 71.9 Å². The second-order valence-electron chi connectivity index (χ2n) is 9.35. The summed E-state index contributed by atoms with van der Waals surface area (Å²) in [6.07, 6.45) is 12.7. The number of ether oxygens (including phenoxy) is 3. The Kier molecular flexibility index (Phi) is 17.7. The highest BCUT2D eigenvalue weighted by atomic mass is 16.7. The lowest BCUT2D eigenvalue weighted by Gasteiger charge is -2.40. The summed E-state index contributed by atoms with van der Waals surface area (Å²) in [5.74, 6) is 0. The first kappa shape index (κ1) is 29.8. The molecule has 1 rings (SSSR count). The van der Waals surface area contributed by atoms with Crippen molar-refractivity contribution in [3.05, 3.63) is 0 Å². The molecule has 0 aliphatic carbocycles. The van der Waals surface area contributed by atoms with Crippen LogP contribution in [0.1, 0.15) is 104 Å². The van der Waals surface area contributed by atoms with E-state index in [9.17, 15) is 15.3 Å². The zero-order valence-electron chi connectivity index (χ0n) is 20.6. The first-order valence-corrected chi connectivity index (χ1v) is 13.1. The maximum absolute atomic E-state index is 10.0. The first-order valence-electron chi connectivity index (χ1n) is 13.1. The number of hydrogen-bond donors (Lipinski definition) is 4. The second-order valence-corrected chi connectivity index (χ2v) is 9.35. The predicted molar refractivity (Wildman–Crippen MR) is 127 cm³/mol. The van der Waals surface area contributed by atoms with Crippen LogP contribution in [-0.2, 0) is 14.2 Å². The van der Waals surface area contributed by atoms with E-state index in [-0.39, 0.29) is 6.54 Å².